The fourth-order valence-electron chi connectivity index (χ4n) is 1.01. The summed E-state index contributed by atoms with van der Waals surface area (Å²) < 4.78 is 24.2. The highest BCUT2D eigenvalue weighted by atomic mass is 32.2. The van der Waals surface area contributed by atoms with E-state index in [1.807, 2.05) is 25.3 Å². The van der Waals surface area contributed by atoms with Crippen LogP contribution in [0.25, 0.3) is 0 Å². The monoisotopic (exact) mass is 201 g/mol. The lowest BCUT2D eigenvalue weighted by Crippen LogP contribution is -2.19. The highest BCUT2D eigenvalue weighted by Gasteiger charge is 2.15. The second kappa shape index (κ2) is 2.87. The number of nitrogens with zero attached hydrogens (tertiary/aromatic N) is 1. The van der Waals surface area contributed by atoms with Gasteiger partial charge in [-0.1, -0.05) is 0 Å². The van der Waals surface area contributed by atoms with Gasteiger partial charge in [-0.3, -0.25) is 0 Å². The van der Waals surface area contributed by atoms with Crippen molar-refractivity contribution >= 4 is 9.84 Å². The highest BCUT2D eigenvalue weighted by Crippen LogP contribution is 2.17. The molecule has 0 amide bonds. The standard InChI is InChI=1S/C9H15NO2S/c1-9(2,3)10-6-5-8(7-10)13(4,11)12/h5-7H,1-4H3. The molecule has 4 heteroatoms. The smallest absolute Gasteiger partial charge is 0.177 e. The molecule has 0 aliphatic heterocycles. The quantitative estimate of drug-likeness (QED) is 0.693. The molecule has 0 radical (unpaired) electrons. The van der Waals surface area contributed by atoms with E-state index in [0.717, 1.165) is 0 Å². The first-order valence-electron chi connectivity index (χ1n) is 4.10. The molecule has 1 aromatic rings. The Hall–Kier alpha value is -0.770. The van der Waals surface area contributed by atoms with Gasteiger partial charge < -0.3 is 4.57 Å². The van der Waals surface area contributed by atoms with Crippen LogP contribution in [0.15, 0.2) is 23.4 Å². The van der Waals surface area contributed by atoms with Crippen molar-refractivity contribution in [1.82, 2.24) is 4.57 Å². The van der Waals surface area contributed by atoms with Crippen molar-refractivity contribution < 1.29 is 8.42 Å². The zero-order valence-corrected chi connectivity index (χ0v) is 9.22. The molecule has 0 spiro atoms. The van der Waals surface area contributed by atoms with Gasteiger partial charge in [0, 0.05) is 24.2 Å². The Labute approximate surface area is 79.3 Å². The van der Waals surface area contributed by atoms with Gasteiger partial charge in [0.25, 0.3) is 0 Å². The van der Waals surface area contributed by atoms with E-state index in [0.29, 0.717) is 4.90 Å². The van der Waals surface area contributed by atoms with Gasteiger partial charge in [0.2, 0.25) is 0 Å². The SMILES string of the molecule is CC(C)(C)n1ccc(S(C)(=O)=O)c1. The maximum Gasteiger partial charge on any atom is 0.177 e. The molecule has 0 saturated heterocycles. The number of sulfone groups is 1. The molecule has 3 nitrogen and oxygen atoms in total. The lowest BCUT2D eigenvalue weighted by Gasteiger charge is -2.20. The predicted octanol–water partition coefficient (Wildman–Crippen LogP) is 1.65. The number of rotatable bonds is 1. The summed E-state index contributed by atoms with van der Waals surface area (Å²) in [6.45, 7) is 6.08. The van der Waals surface area contributed by atoms with Crippen LogP contribution in [-0.2, 0) is 15.4 Å². The average Bonchev–Trinajstić information content (AvgIpc) is 2.28. The third kappa shape index (κ3) is 2.34. The lowest BCUT2D eigenvalue weighted by molar-refractivity contribution is 0.397. The van der Waals surface area contributed by atoms with E-state index in [2.05, 4.69) is 0 Å². The molecule has 0 saturated carbocycles. The van der Waals surface area contributed by atoms with Crippen LogP contribution < -0.4 is 0 Å². The summed E-state index contributed by atoms with van der Waals surface area (Å²) in [5.74, 6) is 0. The zero-order valence-electron chi connectivity index (χ0n) is 8.40. The van der Waals surface area contributed by atoms with Crippen LogP contribution in [-0.4, -0.2) is 19.2 Å². The summed E-state index contributed by atoms with van der Waals surface area (Å²) in [5.41, 5.74) is -0.0665. The first kappa shape index (κ1) is 10.3. The van der Waals surface area contributed by atoms with Gasteiger partial charge in [0.15, 0.2) is 9.84 Å². The maximum absolute atomic E-state index is 11.2. The van der Waals surface area contributed by atoms with Crippen LogP contribution in [0.5, 0.6) is 0 Å². The summed E-state index contributed by atoms with van der Waals surface area (Å²) in [6, 6.07) is 1.63. The topological polar surface area (TPSA) is 39.1 Å². The summed E-state index contributed by atoms with van der Waals surface area (Å²) >= 11 is 0. The van der Waals surface area contributed by atoms with Gasteiger partial charge >= 0.3 is 0 Å². The van der Waals surface area contributed by atoms with Crippen LogP contribution >= 0.6 is 0 Å². The Kier molecular flexibility index (Phi) is 2.28. The van der Waals surface area contributed by atoms with E-state index in [1.165, 1.54) is 6.26 Å². The molecule has 0 aliphatic carbocycles. The van der Waals surface area contributed by atoms with Gasteiger partial charge in [-0.2, -0.15) is 0 Å². The molecule has 74 valence electrons. The van der Waals surface area contributed by atoms with Gasteiger partial charge in [-0.25, -0.2) is 8.42 Å². The van der Waals surface area contributed by atoms with Crippen LogP contribution in [0.3, 0.4) is 0 Å². The zero-order chi connectivity index (χ0) is 10.3. The minimum absolute atomic E-state index is 0.0665. The Morgan fingerprint density at radius 2 is 1.85 bits per heavy atom. The molecule has 13 heavy (non-hydrogen) atoms. The Morgan fingerprint density at radius 1 is 1.31 bits per heavy atom. The molecular formula is C9H15NO2S. The Balaban J connectivity index is 3.16. The summed E-state index contributed by atoms with van der Waals surface area (Å²) in [4.78, 5) is 0.377. The first-order valence-corrected chi connectivity index (χ1v) is 5.99. The summed E-state index contributed by atoms with van der Waals surface area (Å²) in [6.07, 6.45) is 4.67. The van der Waals surface area contributed by atoms with E-state index >= 15 is 0 Å². The average molecular weight is 201 g/mol. The van der Waals surface area contributed by atoms with Gasteiger partial charge in [0.1, 0.15) is 0 Å². The van der Waals surface area contributed by atoms with Crippen LogP contribution in [0, 0.1) is 0 Å². The molecule has 0 atom stereocenters. The van der Waals surface area contributed by atoms with E-state index in [4.69, 9.17) is 0 Å². The van der Waals surface area contributed by atoms with E-state index < -0.39 is 9.84 Å². The normalized spacial score (nSPS) is 13.2. The molecule has 1 rings (SSSR count). The largest absolute Gasteiger partial charge is 0.348 e. The summed E-state index contributed by atoms with van der Waals surface area (Å²) in [7, 11) is -3.06. The van der Waals surface area contributed by atoms with Gasteiger partial charge in [-0.15, -0.1) is 0 Å². The molecular weight excluding hydrogens is 186 g/mol. The van der Waals surface area contributed by atoms with Crippen LogP contribution in [0.4, 0.5) is 0 Å². The van der Waals surface area contributed by atoms with Crippen molar-refractivity contribution in [1.29, 1.82) is 0 Å². The maximum atomic E-state index is 11.2. The molecule has 0 N–H and O–H groups in total. The number of aromatic nitrogens is 1. The fourth-order valence-corrected chi connectivity index (χ4v) is 1.63. The van der Waals surface area contributed by atoms with E-state index in [1.54, 1.807) is 18.5 Å². The molecule has 0 aliphatic rings. The second-order valence-corrected chi connectivity index (χ2v) is 6.21. The van der Waals surface area contributed by atoms with Crippen molar-refractivity contribution in [3.05, 3.63) is 18.5 Å². The van der Waals surface area contributed by atoms with Crippen LogP contribution in [0.1, 0.15) is 20.8 Å². The van der Waals surface area contributed by atoms with Crippen LogP contribution in [0.2, 0.25) is 0 Å². The molecule has 0 aromatic carbocycles. The highest BCUT2D eigenvalue weighted by molar-refractivity contribution is 7.90. The van der Waals surface area contributed by atoms with Crippen molar-refractivity contribution in [2.45, 2.75) is 31.2 Å². The molecule has 1 heterocycles. The fraction of sp³-hybridized carbons (Fsp3) is 0.556. The predicted molar refractivity (Wildman–Crippen MR) is 52.5 cm³/mol. The van der Waals surface area contributed by atoms with Crippen molar-refractivity contribution in [3.8, 4) is 0 Å². The minimum atomic E-state index is -3.06. The van der Waals surface area contributed by atoms with Gasteiger partial charge in [0.05, 0.1) is 4.90 Å². The van der Waals surface area contributed by atoms with E-state index in [9.17, 15) is 8.42 Å². The van der Waals surface area contributed by atoms with E-state index in [-0.39, 0.29) is 5.54 Å². The molecule has 1 aromatic heterocycles. The van der Waals surface area contributed by atoms with Crippen molar-refractivity contribution in [3.63, 3.8) is 0 Å². The second-order valence-electron chi connectivity index (χ2n) is 4.20. The first-order chi connectivity index (χ1) is 5.71. The molecule has 0 bridgehead atoms. The van der Waals surface area contributed by atoms with Gasteiger partial charge in [-0.05, 0) is 26.8 Å². The number of hydrogen-bond acceptors (Lipinski definition) is 2. The Morgan fingerprint density at radius 3 is 2.08 bits per heavy atom. The van der Waals surface area contributed by atoms with Crippen molar-refractivity contribution in [2.24, 2.45) is 0 Å². The Bertz CT molecular complexity index is 395. The third-order valence-corrected chi connectivity index (χ3v) is 2.97. The molecule has 0 unspecified atom stereocenters. The summed E-state index contributed by atoms with van der Waals surface area (Å²) in [5, 5.41) is 0. The third-order valence-electron chi connectivity index (χ3n) is 1.87. The van der Waals surface area contributed by atoms with Crippen molar-refractivity contribution in [2.75, 3.05) is 6.26 Å². The lowest BCUT2D eigenvalue weighted by atomic mass is 10.1. The molecule has 0 fully saturated rings. The number of hydrogen-bond donors (Lipinski definition) is 0. The minimum Gasteiger partial charge on any atom is -0.348 e.